The van der Waals surface area contributed by atoms with Crippen LogP contribution in [-0.2, 0) is 4.74 Å². The minimum Gasteiger partial charge on any atom is -0.398 e. The molecule has 3 heterocycles. The minimum atomic E-state index is -9.89. The van der Waals surface area contributed by atoms with E-state index in [0.29, 0.717) is 31.6 Å². The van der Waals surface area contributed by atoms with Gasteiger partial charge in [-0.15, -0.1) is 0 Å². The Balaban J connectivity index is 1.30. The highest BCUT2D eigenvalue weighted by Crippen LogP contribution is 3.02. The van der Waals surface area contributed by atoms with Gasteiger partial charge in [-0.2, -0.15) is 0 Å². The summed E-state index contributed by atoms with van der Waals surface area (Å²) in [6, 6.07) is 3.05. The molecule has 0 unspecified atom stereocenters. The van der Waals surface area contributed by atoms with Gasteiger partial charge < -0.3 is 20.4 Å². The lowest BCUT2D eigenvalue weighted by Gasteiger charge is -2.40. The number of rotatable bonds is 5. The van der Waals surface area contributed by atoms with Gasteiger partial charge in [0.05, 0.1) is 17.2 Å². The zero-order chi connectivity index (χ0) is 27.4. The number of likely N-dealkylation sites (tertiary alicyclic amines) is 1. The third-order valence-electron chi connectivity index (χ3n) is 7.71. The molecule has 1 aliphatic heterocycles. The Hall–Kier alpha value is -2.93. The number of carbonyl (C=O) groups excluding carboxylic acids is 1. The number of hydrogen-bond donors (Lipinski definition) is 2. The number of nitrogen functional groups attached to an aromatic ring is 1. The quantitative estimate of drug-likeness (QED) is 0.262. The van der Waals surface area contributed by atoms with Crippen molar-refractivity contribution in [2.45, 2.75) is 61.4 Å². The van der Waals surface area contributed by atoms with E-state index in [1.165, 1.54) is 4.90 Å². The number of imidazole rings is 1. The molecule has 0 bridgehead atoms. The monoisotopic (exact) mass is 559 g/mol. The van der Waals surface area contributed by atoms with Crippen molar-refractivity contribution in [2.24, 2.45) is 0 Å². The van der Waals surface area contributed by atoms with Gasteiger partial charge in [0.2, 0.25) is 0 Å². The van der Waals surface area contributed by atoms with Crippen LogP contribution in [0.4, 0.5) is 25.1 Å². The van der Waals surface area contributed by atoms with Gasteiger partial charge in [0.25, 0.3) is 5.91 Å². The molecule has 2 atom stereocenters. The van der Waals surface area contributed by atoms with E-state index in [4.69, 9.17) is 15.5 Å². The van der Waals surface area contributed by atoms with Crippen LogP contribution in [0.25, 0.3) is 11.2 Å². The standard InChI is InChI=1S/C25H30F5N5O2S/c1-37-17-4-2-3-16(13-17)23-33-22-19(7-10-32-24(22)34-23)15-8-11-35(12-9-15)25(36)20-6-5-18(14-21(20)31)38(26,27,28,29)30/h5-7,10,14-17H,2-4,8-9,11-13,31H2,1H3,(H,32,33,34)/t16-,17+/m1/s1. The number of benzene rings is 1. The molecule has 0 spiro atoms. The number of carbonyl (C=O) groups is 1. The molecule has 0 radical (unpaired) electrons. The summed E-state index contributed by atoms with van der Waals surface area (Å²) >= 11 is 0. The van der Waals surface area contributed by atoms with Crippen molar-refractivity contribution in [3.05, 3.63) is 47.4 Å². The van der Waals surface area contributed by atoms with Crippen LogP contribution in [0, 0.1) is 0 Å². The van der Waals surface area contributed by atoms with Crippen LogP contribution in [0.15, 0.2) is 35.4 Å². The molecule has 1 amide bonds. The van der Waals surface area contributed by atoms with Crippen molar-refractivity contribution in [1.29, 1.82) is 0 Å². The largest absolute Gasteiger partial charge is 0.398 e. The highest BCUT2D eigenvalue weighted by molar-refractivity contribution is 8.45. The van der Waals surface area contributed by atoms with Crippen molar-refractivity contribution in [2.75, 3.05) is 25.9 Å². The number of nitrogens with zero attached hydrogens (tertiary/aromatic N) is 3. The Morgan fingerprint density at radius 3 is 2.47 bits per heavy atom. The number of aromatic amines is 1. The Kier molecular flexibility index (Phi) is 6.18. The molecular formula is C25H30F5N5O2S. The van der Waals surface area contributed by atoms with E-state index in [2.05, 4.69) is 9.97 Å². The number of ether oxygens (including phenoxy) is 1. The van der Waals surface area contributed by atoms with Crippen LogP contribution >= 0.6 is 10.2 Å². The number of nitrogens with one attached hydrogen (secondary N) is 1. The van der Waals surface area contributed by atoms with Gasteiger partial charge >= 0.3 is 10.2 Å². The lowest BCUT2D eigenvalue weighted by Crippen LogP contribution is -2.38. The number of hydrogen-bond acceptors (Lipinski definition) is 5. The molecule has 1 saturated carbocycles. The minimum absolute atomic E-state index is 0.115. The second kappa shape index (κ2) is 8.80. The smallest absolute Gasteiger partial charge is 0.310 e. The number of fused-ring (bicyclic) bond motifs is 1. The summed E-state index contributed by atoms with van der Waals surface area (Å²) in [7, 11) is -8.16. The fraction of sp³-hybridized carbons (Fsp3) is 0.480. The maximum absolute atomic E-state index is 13.1. The zero-order valence-corrected chi connectivity index (χ0v) is 21.6. The predicted octanol–water partition coefficient (Wildman–Crippen LogP) is 6.89. The molecule has 2 aromatic heterocycles. The zero-order valence-electron chi connectivity index (χ0n) is 20.8. The maximum atomic E-state index is 13.1. The molecule has 2 aliphatic rings. The molecule has 3 N–H and O–H groups in total. The number of amides is 1. The molecular weight excluding hydrogens is 529 g/mol. The van der Waals surface area contributed by atoms with E-state index >= 15 is 0 Å². The van der Waals surface area contributed by atoms with Gasteiger partial charge in [-0.1, -0.05) is 25.8 Å². The summed E-state index contributed by atoms with van der Waals surface area (Å²) in [6.45, 7) is 0.685. The Morgan fingerprint density at radius 1 is 1.08 bits per heavy atom. The number of methoxy groups -OCH3 is 1. The van der Waals surface area contributed by atoms with Gasteiger partial charge in [0.15, 0.2) is 5.65 Å². The third kappa shape index (κ3) is 5.31. The lowest BCUT2D eigenvalue weighted by atomic mass is 9.86. The van der Waals surface area contributed by atoms with Crippen LogP contribution in [0.3, 0.4) is 0 Å². The molecule has 2 fully saturated rings. The number of halogens is 5. The number of nitrogens with two attached hydrogens (primary N) is 1. The Morgan fingerprint density at radius 2 is 1.82 bits per heavy atom. The van der Waals surface area contributed by atoms with E-state index in [9.17, 15) is 24.2 Å². The molecule has 3 aromatic rings. The fourth-order valence-electron chi connectivity index (χ4n) is 5.63. The Bertz CT molecular complexity index is 1370. The highest BCUT2D eigenvalue weighted by Gasteiger charge is 2.65. The van der Waals surface area contributed by atoms with E-state index in [1.54, 1.807) is 13.3 Å². The highest BCUT2D eigenvalue weighted by atomic mass is 32.5. The number of aromatic nitrogens is 3. The summed E-state index contributed by atoms with van der Waals surface area (Å²) in [4.78, 5) is 25.0. The first-order valence-corrected chi connectivity index (χ1v) is 14.5. The van der Waals surface area contributed by atoms with Crippen LogP contribution in [-0.4, -0.2) is 52.1 Å². The fourth-order valence-corrected chi connectivity index (χ4v) is 6.30. The topological polar surface area (TPSA) is 97.1 Å². The predicted molar refractivity (Wildman–Crippen MR) is 136 cm³/mol. The van der Waals surface area contributed by atoms with Gasteiger partial charge in [0.1, 0.15) is 10.7 Å². The molecule has 38 heavy (non-hydrogen) atoms. The van der Waals surface area contributed by atoms with Crippen LogP contribution < -0.4 is 5.73 Å². The average molecular weight is 560 g/mol. The third-order valence-corrected chi connectivity index (χ3v) is 8.85. The summed E-state index contributed by atoms with van der Waals surface area (Å²) in [5, 5.41) is 0. The van der Waals surface area contributed by atoms with Crippen molar-refractivity contribution in [3.63, 3.8) is 0 Å². The first kappa shape index (κ1) is 26.7. The first-order chi connectivity index (χ1) is 17.7. The number of pyridine rings is 1. The summed E-state index contributed by atoms with van der Waals surface area (Å²) in [5.41, 5.74) is 7.35. The molecule has 7 nitrogen and oxygen atoms in total. The molecule has 13 heteroatoms. The Labute approximate surface area is 216 Å². The first-order valence-electron chi connectivity index (χ1n) is 12.5. The maximum Gasteiger partial charge on any atom is 0.310 e. The second-order valence-corrected chi connectivity index (χ2v) is 12.6. The van der Waals surface area contributed by atoms with Crippen molar-refractivity contribution < 1.29 is 29.0 Å². The van der Waals surface area contributed by atoms with E-state index in [0.717, 1.165) is 48.7 Å². The molecule has 1 aromatic carbocycles. The van der Waals surface area contributed by atoms with Crippen LogP contribution in [0.5, 0.6) is 0 Å². The van der Waals surface area contributed by atoms with Crippen molar-refractivity contribution >= 4 is 33.0 Å². The SMILES string of the molecule is CO[C@H]1CCC[C@@H](c2nc3nccc(C4CCN(C(=O)c5ccc(S(F)(F)(F)(F)F)cc5N)CC4)c3[nH]2)C1. The van der Waals surface area contributed by atoms with E-state index in [1.807, 2.05) is 6.07 Å². The van der Waals surface area contributed by atoms with Crippen LogP contribution in [0.2, 0.25) is 0 Å². The lowest BCUT2D eigenvalue weighted by molar-refractivity contribution is 0.0625. The normalized spacial score (nSPS) is 23.3. The number of piperidine rings is 1. The summed E-state index contributed by atoms with van der Waals surface area (Å²) in [6.07, 6.45) is 7.20. The number of anilines is 1. The average Bonchev–Trinajstić information content (AvgIpc) is 3.32. The molecule has 1 aliphatic carbocycles. The molecule has 5 rings (SSSR count). The van der Waals surface area contributed by atoms with Gasteiger partial charge in [-0.3, -0.25) is 4.79 Å². The van der Waals surface area contributed by atoms with E-state index < -0.39 is 26.7 Å². The molecule has 208 valence electrons. The second-order valence-electron chi connectivity index (χ2n) is 10.2. The van der Waals surface area contributed by atoms with Crippen LogP contribution in [0.1, 0.15) is 72.1 Å². The van der Waals surface area contributed by atoms with Gasteiger partial charge in [-0.05, 0) is 67.9 Å². The van der Waals surface area contributed by atoms with Gasteiger partial charge in [-0.25, -0.2) is 9.97 Å². The number of H-pyrrole nitrogens is 1. The summed E-state index contributed by atoms with van der Waals surface area (Å²) < 4.78 is 71.1. The van der Waals surface area contributed by atoms with Crippen molar-refractivity contribution in [1.82, 2.24) is 19.9 Å². The van der Waals surface area contributed by atoms with E-state index in [-0.39, 0.29) is 35.6 Å². The van der Waals surface area contributed by atoms with Gasteiger partial charge in [0, 0.05) is 38.0 Å². The van der Waals surface area contributed by atoms with Crippen molar-refractivity contribution in [3.8, 4) is 0 Å². The summed E-state index contributed by atoms with van der Waals surface area (Å²) in [5.74, 6) is 0.707. The molecule has 1 saturated heterocycles.